The summed E-state index contributed by atoms with van der Waals surface area (Å²) in [6, 6.07) is 10.8. The zero-order valence-corrected chi connectivity index (χ0v) is 17.5. The van der Waals surface area contributed by atoms with Gasteiger partial charge in [-0.3, -0.25) is 0 Å². The molecule has 28 heavy (non-hydrogen) atoms. The molecule has 0 N–H and O–H groups in total. The van der Waals surface area contributed by atoms with Gasteiger partial charge in [-0.25, -0.2) is 13.2 Å². The molecule has 2 aromatic rings. The van der Waals surface area contributed by atoms with Crippen molar-refractivity contribution in [1.29, 1.82) is 0 Å². The highest BCUT2D eigenvalue weighted by molar-refractivity contribution is 7.89. The van der Waals surface area contributed by atoms with Crippen LogP contribution in [0.3, 0.4) is 0 Å². The van der Waals surface area contributed by atoms with E-state index in [0.29, 0.717) is 31.7 Å². The number of rotatable bonds is 4. The highest BCUT2D eigenvalue weighted by Crippen LogP contribution is 2.26. The van der Waals surface area contributed by atoms with Gasteiger partial charge in [0.1, 0.15) is 0 Å². The SMILES string of the molecule is COC(=O)c1cc(S(=O)(=O)N2CCN(c3cccc(C)c3C)CC2)ccc1C. The molecule has 150 valence electrons. The third-order valence-electron chi connectivity index (χ3n) is 5.41. The second-order valence-corrected chi connectivity index (χ2v) is 9.02. The maximum absolute atomic E-state index is 13.1. The fourth-order valence-electron chi connectivity index (χ4n) is 3.49. The van der Waals surface area contributed by atoms with Crippen molar-refractivity contribution in [3.05, 3.63) is 58.7 Å². The number of sulfonamides is 1. The third-order valence-corrected chi connectivity index (χ3v) is 7.30. The standard InChI is InChI=1S/C21H26N2O4S/c1-15-6-5-7-20(17(15)3)22-10-12-23(13-11-22)28(25,26)18-9-8-16(2)19(14-18)21(24)27-4/h5-9,14H,10-13H2,1-4H3. The highest BCUT2D eigenvalue weighted by atomic mass is 32.2. The van der Waals surface area contributed by atoms with E-state index in [1.807, 2.05) is 6.07 Å². The highest BCUT2D eigenvalue weighted by Gasteiger charge is 2.30. The molecule has 1 heterocycles. The van der Waals surface area contributed by atoms with Crippen molar-refractivity contribution in [2.75, 3.05) is 38.2 Å². The molecule has 0 saturated carbocycles. The summed E-state index contributed by atoms with van der Waals surface area (Å²) < 4.78 is 32.4. The summed E-state index contributed by atoms with van der Waals surface area (Å²) in [4.78, 5) is 14.3. The van der Waals surface area contributed by atoms with E-state index in [2.05, 4.69) is 30.9 Å². The first kappa shape index (κ1) is 20.4. The molecule has 0 atom stereocenters. The first-order valence-electron chi connectivity index (χ1n) is 9.26. The van der Waals surface area contributed by atoms with E-state index in [1.54, 1.807) is 19.1 Å². The molecule has 6 nitrogen and oxygen atoms in total. The van der Waals surface area contributed by atoms with Crippen LogP contribution in [-0.2, 0) is 14.8 Å². The topological polar surface area (TPSA) is 66.9 Å². The van der Waals surface area contributed by atoms with Gasteiger partial charge in [-0.05, 0) is 55.7 Å². The zero-order valence-electron chi connectivity index (χ0n) is 16.7. The number of esters is 1. The molecule has 1 saturated heterocycles. The number of nitrogens with zero attached hydrogens (tertiary/aromatic N) is 2. The Bertz CT molecular complexity index is 993. The molecule has 1 aliphatic rings. The van der Waals surface area contributed by atoms with Crippen molar-refractivity contribution in [3.8, 4) is 0 Å². The summed E-state index contributed by atoms with van der Waals surface area (Å²) in [5.41, 5.74) is 4.56. The van der Waals surface area contributed by atoms with E-state index < -0.39 is 16.0 Å². The van der Waals surface area contributed by atoms with Crippen LogP contribution in [0.2, 0.25) is 0 Å². The van der Waals surface area contributed by atoms with Crippen molar-refractivity contribution in [3.63, 3.8) is 0 Å². The Balaban J connectivity index is 1.80. The van der Waals surface area contributed by atoms with Gasteiger partial charge >= 0.3 is 5.97 Å². The van der Waals surface area contributed by atoms with Crippen molar-refractivity contribution in [2.45, 2.75) is 25.7 Å². The van der Waals surface area contributed by atoms with E-state index in [9.17, 15) is 13.2 Å². The molecule has 1 fully saturated rings. The van der Waals surface area contributed by atoms with Crippen LogP contribution in [-0.4, -0.2) is 52.0 Å². The third kappa shape index (κ3) is 3.77. The molecule has 3 rings (SSSR count). The number of ether oxygens (including phenoxy) is 1. The van der Waals surface area contributed by atoms with Crippen LogP contribution in [0.4, 0.5) is 5.69 Å². The Kier molecular flexibility index (Phi) is 5.76. The normalized spacial score (nSPS) is 15.5. The van der Waals surface area contributed by atoms with Gasteiger partial charge in [-0.2, -0.15) is 4.31 Å². The summed E-state index contributed by atoms with van der Waals surface area (Å²) in [6.45, 7) is 7.97. The first-order valence-corrected chi connectivity index (χ1v) is 10.7. The molecule has 0 spiro atoms. The molecule has 0 amide bonds. The van der Waals surface area contributed by atoms with Crippen molar-refractivity contribution < 1.29 is 17.9 Å². The number of hydrogen-bond acceptors (Lipinski definition) is 5. The van der Waals surface area contributed by atoms with Gasteiger partial charge in [-0.15, -0.1) is 0 Å². The van der Waals surface area contributed by atoms with Crippen molar-refractivity contribution in [1.82, 2.24) is 4.31 Å². The van der Waals surface area contributed by atoms with Crippen LogP contribution in [0.5, 0.6) is 0 Å². The summed E-state index contributed by atoms with van der Waals surface area (Å²) in [5, 5.41) is 0. The number of carbonyl (C=O) groups excluding carboxylic acids is 1. The largest absolute Gasteiger partial charge is 0.465 e. The lowest BCUT2D eigenvalue weighted by atomic mass is 10.1. The van der Waals surface area contributed by atoms with Gasteiger partial charge in [0.25, 0.3) is 0 Å². The van der Waals surface area contributed by atoms with Gasteiger partial charge in [0, 0.05) is 31.9 Å². The quantitative estimate of drug-likeness (QED) is 0.736. The summed E-state index contributed by atoms with van der Waals surface area (Å²) in [6.07, 6.45) is 0. The average molecular weight is 403 g/mol. The number of benzene rings is 2. The lowest BCUT2D eigenvalue weighted by Crippen LogP contribution is -2.48. The van der Waals surface area contributed by atoms with E-state index in [0.717, 1.165) is 5.69 Å². The first-order chi connectivity index (χ1) is 13.3. The Morgan fingerprint density at radius 1 is 0.964 bits per heavy atom. The van der Waals surface area contributed by atoms with E-state index in [4.69, 9.17) is 4.74 Å². The predicted molar refractivity (Wildman–Crippen MR) is 109 cm³/mol. The average Bonchev–Trinajstić information content (AvgIpc) is 2.70. The van der Waals surface area contributed by atoms with Crippen molar-refractivity contribution >= 4 is 21.7 Å². The summed E-state index contributed by atoms with van der Waals surface area (Å²) >= 11 is 0. The molecule has 2 aromatic carbocycles. The fourth-order valence-corrected chi connectivity index (χ4v) is 4.94. The fraction of sp³-hybridized carbons (Fsp3) is 0.381. The number of anilines is 1. The minimum absolute atomic E-state index is 0.124. The number of carbonyl (C=O) groups is 1. The number of methoxy groups -OCH3 is 1. The van der Waals surface area contributed by atoms with Crippen LogP contribution >= 0.6 is 0 Å². The van der Waals surface area contributed by atoms with Gasteiger partial charge in [-0.1, -0.05) is 18.2 Å². The number of piperazine rings is 1. The molecule has 7 heteroatoms. The smallest absolute Gasteiger partial charge is 0.338 e. The van der Waals surface area contributed by atoms with E-state index >= 15 is 0 Å². The molecular weight excluding hydrogens is 376 g/mol. The Morgan fingerprint density at radius 2 is 1.64 bits per heavy atom. The number of hydrogen-bond donors (Lipinski definition) is 0. The van der Waals surface area contributed by atoms with Crippen LogP contribution < -0.4 is 4.90 Å². The maximum Gasteiger partial charge on any atom is 0.338 e. The monoisotopic (exact) mass is 402 g/mol. The molecular formula is C21H26N2O4S. The maximum atomic E-state index is 13.1. The summed E-state index contributed by atoms with van der Waals surface area (Å²) in [7, 11) is -2.38. The Morgan fingerprint density at radius 3 is 2.29 bits per heavy atom. The Hall–Kier alpha value is -2.38. The van der Waals surface area contributed by atoms with Crippen LogP contribution in [0, 0.1) is 20.8 Å². The lowest BCUT2D eigenvalue weighted by Gasteiger charge is -2.36. The van der Waals surface area contributed by atoms with Crippen molar-refractivity contribution in [2.24, 2.45) is 0 Å². The van der Waals surface area contributed by atoms with Crippen LogP contribution in [0.15, 0.2) is 41.3 Å². The van der Waals surface area contributed by atoms with E-state index in [1.165, 1.54) is 28.6 Å². The molecule has 0 aliphatic carbocycles. The Labute approximate surface area is 166 Å². The van der Waals surface area contributed by atoms with Gasteiger partial charge in [0.05, 0.1) is 17.6 Å². The number of aryl methyl sites for hydroxylation is 2. The van der Waals surface area contributed by atoms with E-state index in [-0.39, 0.29) is 10.5 Å². The second kappa shape index (κ2) is 7.93. The second-order valence-electron chi connectivity index (χ2n) is 7.08. The molecule has 0 aromatic heterocycles. The van der Waals surface area contributed by atoms with Crippen LogP contribution in [0.25, 0.3) is 0 Å². The minimum atomic E-state index is -3.67. The van der Waals surface area contributed by atoms with Crippen LogP contribution in [0.1, 0.15) is 27.0 Å². The zero-order chi connectivity index (χ0) is 20.5. The van der Waals surface area contributed by atoms with Gasteiger partial charge in [0.15, 0.2) is 0 Å². The molecule has 1 aliphatic heterocycles. The lowest BCUT2D eigenvalue weighted by molar-refractivity contribution is 0.0599. The molecule has 0 radical (unpaired) electrons. The predicted octanol–water partition coefficient (Wildman–Crippen LogP) is 2.91. The molecule has 0 unspecified atom stereocenters. The minimum Gasteiger partial charge on any atom is -0.465 e. The summed E-state index contributed by atoms with van der Waals surface area (Å²) in [5.74, 6) is -0.533. The van der Waals surface area contributed by atoms with Gasteiger partial charge in [0.2, 0.25) is 10.0 Å². The van der Waals surface area contributed by atoms with Gasteiger partial charge < -0.3 is 9.64 Å². The molecule has 0 bridgehead atoms.